The first-order chi connectivity index (χ1) is 14.1. The molecule has 1 amide bonds. The molecule has 1 aromatic heterocycles. The van der Waals surface area contributed by atoms with E-state index >= 15 is 0 Å². The summed E-state index contributed by atoms with van der Waals surface area (Å²) in [5, 5.41) is 6.43. The number of aromatic nitrogens is 1. The number of para-hydroxylation sites is 2. The van der Waals surface area contributed by atoms with E-state index in [2.05, 4.69) is 10.5 Å². The second-order valence-electron chi connectivity index (χ2n) is 6.46. The summed E-state index contributed by atoms with van der Waals surface area (Å²) in [6.45, 7) is 1.52. The van der Waals surface area contributed by atoms with Gasteiger partial charge in [-0.1, -0.05) is 47.1 Å². The number of hydrogen-bond acceptors (Lipinski definition) is 7. The van der Waals surface area contributed by atoms with Crippen LogP contribution in [0.15, 0.2) is 59.1 Å². The number of aryl methyl sites for hydroxylation is 1. The highest BCUT2D eigenvalue weighted by molar-refractivity contribution is 5.92. The van der Waals surface area contributed by atoms with Crippen LogP contribution in [0, 0.1) is 6.92 Å². The van der Waals surface area contributed by atoms with E-state index in [0.29, 0.717) is 17.2 Å². The molecule has 0 spiro atoms. The number of amides is 1. The summed E-state index contributed by atoms with van der Waals surface area (Å²) in [5.41, 5.74) is 2.58. The van der Waals surface area contributed by atoms with Crippen LogP contribution in [-0.2, 0) is 14.3 Å². The van der Waals surface area contributed by atoms with E-state index in [4.69, 9.17) is 18.7 Å². The third-order valence-corrected chi connectivity index (χ3v) is 4.24. The highest BCUT2D eigenvalue weighted by Crippen LogP contribution is 2.31. The minimum Gasteiger partial charge on any atom is -0.485 e. The van der Waals surface area contributed by atoms with Gasteiger partial charge >= 0.3 is 5.97 Å². The normalized spacial score (nSPS) is 14.9. The van der Waals surface area contributed by atoms with Crippen LogP contribution in [0.2, 0.25) is 0 Å². The van der Waals surface area contributed by atoms with Crippen LogP contribution in [0.1, 0.15) is 5.56 Å². The number of carbonyl (C=O) groups excluding carboxylic acids is 2. The minimum absolute atomic E-state index is 0.0134. The molecule has 0 unspecified atom stereocenters. The van der Waals surface area contributed by atoms with Gasteiger partial charge in [0.25, 0.3) is 5.91 Å². The fourth-order valence-corrected chi connectivity index (χ4v) is 2.73. The molecule has 0 radical (unpaired) electrons. The van der Waals surface area contributed by atoms with Crippen molar-refractivity contribution in [3.63, 3.8) is 0 Å². The molecule has 0 saturated heterocycles. The fourth-order valence-electron chi connectivity index (χ4n) is 2.73. The van der Waals surface area contributed by atoms with Crippen LogP contribution < -0.4 is 14.8 Å². The Morgan fingerprint density at radius 2 is 1.90 bits per heavy atom. The number of nitrogens with one attached hydrogen (secondary N) is 1. The maximum Gasteiger partial charge on any atom is 0.351 e. The van der Waals surface area contributed by atoms with Crippen LogP contribution in [0.25, 0.3) is 11.3 Å². The molecule has 0 bridgehead atoms. The van der Waals surface area contributed by atoms with Crippen molar-refractivity contribution in [2.45, 2.75) is 13.0 Å². The first-order valence-corrected chi connectivity index (χ1v) is 8.97. The van der Waals surface area contributed by atoms with E-state index < -0.39 is 24.6 Å². The lowest BCUT2D eigenvalue weighted by molar-refractivity contribution is -0.156. The summed E-state index contributed by atoms with van der Waals surface area (Å²) in [5.74, 6) is -0.0677. The maximum atomic E-state index is 12.1. The van der Waals surface area contributed by atoms with Gasteiger partial charge in [-0.3, -0.25) is 10.1 Å². The molecule has 1 N–H and O–H groups in total. The molecular formula is C21H18N2O6. The van der Waals surface area contributed by atoms with Crippen LogP contribution in [-0.4, -0.2) is 36.4 Å². The summed E-state index contributed by atoms with van der Waals surface area (Å²) in [6, 6.07) is 16.3. The molecule has 1 aliphatic rings. The predicted molar refractivity (Wildman–Crippen MR) is 103 cm³/mol. The number of nitrogens with zero attached hydrogens (tertiary/aromatic N) is 1. The van der Waals surface area contributed by atoms with Crippen molar-refractivity contribution in [1.82, 2.24) is 5.16 Å². The quantitative estimate of drug-likeness (QED) is 0.664. The molecule has 0 fully saturated rings. The Kier molecular flexibility index (Phi) is 5.15. The van der Waals surface area contributed by atoms with Gasteiger partial charge < -0.3 is 18.7 Å². The Labute approximate surface area is 166 Å². The van der Waals surface area contributed by atoms with Gasteiger partial charge in [0.15, 0.2) is 18.1 Å². The third kappa shape index (κ3) is 4.37. The average Bonchev–Trinajstić information content (AvgIpc) is 3.20. The Bertz CT molecular complexity index is 1030. The van der Waals surface area contributed by atoms with E-state index in [1.807, 2.05) is 31.2 Å². The monoisotopic (exact) mass is 394 g/mol. The Balaban J connectivity index is 1.28. The van der Waals surface area contributed by atoms with Gasteiger partial charge in [0.1, 0.15) is 12.3 Å². The summed E-state index contributed by atoms with van der Waals surface area (Å²) in [4.78, 5) is 24.2. The highest BCUT2D eigenvalue weighted by Gasteiger charge is 2.29. The summed E-state index contributed by atoms with van der Waals surface area (Å²) < 4.78 is 21.1. The van der Waals surface area contributed by atoms with Gasteiger partial charge in [-0.15, -0.1) is 0 Å². The van der Waals surface area contributed by atoms with E-state index in [-0.39, 0.29) is 12.5 Å². The summed E-state index contributed by atoms with van der Waals surface area (Å²) in [7, 11) is 0. The molecule has 3 aromatic rings. The lowest BCUT2D eigenvalue weighted by Gasteiger charge is -2.24. The van der Waals surface area contributed by atoms with Crippen molar-refractivity contribution < 1.29 is 28.3 Å². The first-order valence-electron chi connectivity index (χ1n) is 8.97. The number of hydrogen-bond donors (Lipinski definition) is 1. The van der Waals surface area contributed by atoms with Crippen molar-refractivity contribution in [1.29, 1.82) is 0 Å². The summed E-state index contributed by atoms with van der Waals surface area (Å²) >= 11 is 0. The lowest BCUT2D eigenvalue weighted by atomic mass is 10.1. The largest absolute Gasteiger partial charge is 0.485 e. The second-order valence-corrected chi connectivity index (χ2v) is 6.46. The van der Waals surface area contributed by atoms with Crippen LogP contribution in [0.5, 0.6) is 11.5 Å². The Hall–Kier alpha value is -3.81. The number of benzene rings is 2. The van der Waals surface area contributed by atoms with Gasteiger partial charge in [-0.25, -0.2) is 4.79 Å². The standard InChI is InChI=1S/C21H18N2O6/c1-13-6-8-14(9-7-13)15-10-20(29-23-15)22-19(24)12-27-21(25)18-11-26-16-4-2-3-5-17(16)28-18/h2-10,18H,11-12H2,1H3,(H,22,24)/t18-/m1/s1. The topological polar surface area (TPSA) is 99.9 Å². The molecule has 0 saturated carbocycles. The Morgan fingerprint density at radius 1 is 1.14 bits per heavy atom. The molecule has 1 aliphatic heterocycles. The van der Waals surface area contributed by atoms with Crippen LogP contribution in [0.4, 0.5) is 5.88 Å². The number of carbonyl (C=O) groups is 2. The second kappa shape index (κ2) is 8.05. The van der Waals surface area contributed by atoms with Gasteiger partial charge in [-0.2, -0.15) is 0 Å². The van der Waals surface area contributed by atoms with Crippen molar-refractivity contribution in [2.24, 2.45) is 0 Å². The van der Waals surface area contributed by atoms with E-state index in [9.17, 15) is 9.59 Å². The van der Waals surface area contributed by atoms with Crippen LogP contribution >= 0.6 is 0 Å². The molecule has 4 rings (SSSR count). The zero-order valence-corrected chi connectivity index (χ0v) is 15.6. The molecule has 2 heterocycles. The third-order valence-electron chi connectivity index (χ3n) is 4.24. The van der Waals surface area contributed by atoms with Crippen molar-refractivity contribution >= 4 is 17.8 Å². The summed E-state index contributed by atoms with van der Waals surface area (Å²) in [6.07, 6.45) is -0.934. The molecule has 8 nitrogen and oxygen atoms in total. The van der Waals surface area contributed by atoms with Crippen molar-refractivity contribution in [2.75, 3.05) is 18.5 Å². The Morgan fingerprint density at radius 3 is 2.69 bits per heavy atom. The van der Waals surface area contributed by atoms with Crippen molar-refractivity contribution in [3.8, 4) is 22.8 Å². The van der Waals surface area contributed by atoms with Crippen LogP contribution in [0.3, 0.4) is 0 Å². The molecule has 8 heteroatoms. The van der Waals surface area contributed by atoms with E-state index in [0.717, 1.165) is 11.1 Å². The predicted octanol–water partition coefficient (Wildman–Crippen LogP) is 2.97. The molecular weight excluding hydrogens is 376 g/mol. The minimum atomic E-state index is -0.934. The van der Waals surface area contributed by atoms with Gasteiger partial charge in [0, 0.05) is 11.6 Å². The molecule has 1 atom stereocenters. The maximum absolute atomic E-state index is 12.1. The number of esters is 1. The van der Waals surface area contributed by atoms with E-state index in [1.54, 1.807) is 30.3 Å². The lowest BCUT2D eigenvalue weighted by Crippen LogP contribution is -2.39. The zero-order valence-electron chi connectivity index (χ0n) is 15.6. The zero-order chi connectivity index (χ0) is 20.2. The van der Waals surface area contributed by atoms with Gasteiger partial charge in [0.05, 0.1) is 0 Å². The number of fused-ring (bicyclic) bond motifs is 1. The highest BCUT2D eigenvalue weighted by atomic mass is 16.6. The first kappa shape index (κ1) is 18.5. The molecule has 148 valence electrons. The van der Waals surface area contributed by atoms with Crippen molar-refractivity contribution in [3.05, 3.63) is 60.2 Å². The smallest absolute Gasteiger partial charge is 0.351 e. The van der Waals surface area contributed by atoms with Gasteiger partial charge in [-0.05, 0) is 19.1 Å². The molecule has 29 heavy (non-hydrogen) atoms. The fraction of sp³-hybridized carbons (Fsp3) is 0.190. The average molecular weight is 394 g/mol. The van der Waals surface area contributed by atoms with Gasteiger partial charge in [0.2, 0.25) is 12.0 Å². The number of rotatable bonds is 5. The van der Waals surface area contributed by atoms with E-state index in [1.165, 1.54) is 0 Å². The molecule has 2 aromatic carbocycles. The number of ether oxygens (including phenoxy) is 3. The molecule has 0 aliphatic carbocycles. The SMILES string of the molecule is Cc1ccc(-c2cc(NC(=O)COC(=O)[C@H]3COc4ccccc4O3)on2)cc1. The number of anilines is 1.